The van der Waals surface area contributed by atoms with Crippen molar-refractivity contribution in [2.75, 3.05) is 5.32 Å². The van der Waals surface area contributed by atoms with Crippen LogP contribution in [-0.4, -0.2) is 25.9 Å². The Kier molecular flexibility index (Phi) is 6.54. The van der Waals surface area contributed by atoms with E-state index < -0.39 is 11.5 Å². The lowest BCUT2D eigenvalue weighted by molar-refractivity contribution is 0.102. The third-order valence-electron chi connectivity index (χ3n) is 5.89. The predicted molar refractivity (Wildman–Crippen MR) is 143 cm³/mol. The Labute approximate surface area is 212 Å². The van der Waals surface area contributed by atoms with Crippen LogP contribution < -0.4 is 16.4 Å². The summed E-state index contributed by atoms with van der Waals surface area (Å²) in [6.07, 6.45) is 0. The molecule has 8 heteroatoms. The zero-order valence-corrected chi connectivity index (χ0v) is 20.0. The lowest BCUT2D eigenvalue weighted by atomic mass is 9.95. The average molecular weight is 490 g/mol. The molecule has 2 heterocycles. The second kappa shape index (κ2) is 10.2. The molecular formula is C29H23N5O3. The number of aromatic amines is 1. The molecule has 0 aliphatic heterocycles. The van der Waals surface area contributed by atoms with Gasteiger partial charge in [-0.15, -0.1) is 0 Å². The minimum absolute atomic E-state index is 0.00877. The van der Waals surface area contributed by atoms with Gasteiger partial charge in [-0.1, -0.05) is 72.8 Å². The van der Waals surface area contributed by atoms with Crippen molar-refractivity contribution < 1.29 is 4.79 Å². The number of anilines is 1. The van der Waals surface area contributed by atoms with E-state index >= 15 is 0 Å². The minimum Gasteiger partial charge on any atom is -0.322 e. The summed E-state index contributed by atoms with van der Waals surface area (Å²) in [6.45, 7) is 2.12. The van der Waals surface area contributed by atoms with Crippen molar-refractivity contribution in [2.24, 2.45) is 0 Å². The highest BCUT2D eigenvalue weighted by Crippen LogP contribution is 2.32. The number of rotatable bonds is 6. The van der Waals surface area contributed by atoms with Gasteiger partial charge in [0.25, 0.3) is 17.0 Å². The number of carbonyl (C=O) groups excluding carboxylic acids is 1. The Balaban J connectivity index is 1.65. The first-order valence-electron chi connectivity index (χ1n) is 11.8. The largest absolute Gasteiger partial charge is 0.322 e. The highest BCUT2D eigenvalue weighted by atomic mass is 16.2. The number of nitrogens with zero attached hydrogens (tertiary/aromatic N) is 3. The summed E-state index contributed by atoms with van der Waals surface area (Å²) in [5.74, 6) is -0.544. The van der Waals surface area contributed by atoms with E-state index in [1.54, 1.807) is 24.3 Å². The Morgan fingerprint density at radius 2 is 1.51 bits per heavy atom. The minimum atomic E-state index is -0.544. The molecule has 0 fully saturated rings. The van der Waals surface area contributed by atoms with Gasteiger partial charge in [0.05, 0.1) is 11.4 Å². The van der Waals surface area contributed by atoms with Gasteiger partial charge < -0.3 is 5.32 Å². The Morgan fingerprint density at radius 1 is 0.838 bits per heavy atom. The molecule has 2 N–H and O–H groups in total. The molecule has 0 spiro atoms. The number of aryl methyl sites for hydroxylation is 1. The Hall–Kier alpha value is -5.11. The van der Waals surface area contributed by atoms with Gasteiger partial charge in [-0.25, -0.2) is 9.78 Å². The van der Waals surface area contributed by atoms with Gasteiger partial charge in [0.2, 0.25) is 0 Å². The lowest BCUT2D eigenvalue weighted by Crippen LogP contribution is -2.32. The quantitative estimate of drug-likeness (QED) is 0.362. The molecule has 3 aromatic carbocycles. The van der Waals surface area contributed by atoms with Crippen LogP contribution in [0.5, 0.6) is 0 Å². The zero-order chi connectivity index (χ0) is 25.8. The molecule has 8 nitrogen and oxygen atoms in total. The van der Waals surface area contributed by atoms with Crippen molar-refractivity contribution in [1.82, 2.24) is 20.0 Å². The van der Waals surface area contributed by atoms with Gasteiger partial charge in [0.1, 0.15) is 5.56 Å². The van der Waals surface area contributed by atoms with Gasteiger partial charge in [-0.3, -0.25) is 14.4 Å². The molecule has 5 aromatic rings. The molecular weight excluding hydrogens is 466 g/mol. The highest BCUT2D eigenvalue weighted by molar-refractivity contribution is 6.10. The molecule has 0 aliphatic carbocycles. The molecule has 1 amide bonds. The van der Waals surface area contributed by atoms with Gasteiger partial charge in [-0.2, -0.15) is 10.2 Å². The average Bonchev–Trinajstić information content (AvgIpc) is 2.94. The van der Waals surface area contributed by atoms with E-state index in [1.165, 1.54) is 10.7 Å². The van der Waals surface area contributed by atoms with Crippen molar-refractivity contribution in [3.63, 3.8) is 0 Å². The fourth-order valence-electron chi connectivity index (χ4n) is 4.13. The molecule has 5 rings (SSSR count). The second-order valence-corrected chi connectivity index (χ2v) is 8.29. The van der Waals surface area contributed by atoms with Crippen LogP contribution in [-0.2, 0) is 6.54 Å². The maximum absolute atomic E-state index is 13.8. The molecule has 37 heavy (non-hydrogen) atoms. The number of hydrogen-bond donors (Lipinski definition) is 2. The van der Waals surface area contributed by atoms with Gasteiger partial charge in [0, 0.05) is 35.0 Å². The number of benzene rings is 3. The number of nitrogens with one attached hydrogen (secondary N) is 2. The fraction of sp³-hybridized carbons (Fsp3) is 0.0690. The van der Waals surface area contributed by atoms with Crippen LogP contribution >= 0.6 is 0 Å². The third kappa shape index (κ3) is 4.85. The van der Waals surface area contributed by atoms with Crippen LogP contribution in [0.4, 0.5) is 5.69 Å². The highest BCUT2D eigenvalue weighted by Gasteiger charge is 2.25. The first-order chi connectivity index (χ1) is 18.0. The molecule has 0 saturated heterocycles. The van der Waals surface area contributed by atoms with Crippen molar-refractivity contribution in [2.45, 2.75) is 13.5 Å². The summed E-state index contributed by atoms with van der Waals surface area (Å²) < 4.78 is 1.31. The third-order valence-corrected chi connectivity index (χ3v) is 5.89. The Morgan fingerprint density at radius 3 is 2.16 bits per heavy atom. The van der Waals surface area contributed by atoms with Crippen molar-refractivity contribution in [3.05, 3.63) is 123 Å². The number of aromatic nitrogens is 4. The zero-order valence-electron chi connectivity index (χ0n) is 20.0. The monoisotopic (exact) mass is 489 g/mol. The summed E-state index contributed by atoms with van der Waals surface area (Å²) in [7, 11) is 0. The topological polar surface area (TPSA) is 110 Å². The van der Waals surface area contributed by atoms with Gasteiger partial charge in [-0.05, 0) is 30.7 Å². The van der Waals surface area contributed by atoms with E-state index in [1.807, 2.05) is 73.7 Å². The van der Waals surface area contributed by atoms with Crippen molar-refractivity contribution >= 4 is 11.6 Å². The first kappa shape index (κ1) is 23.6. The molecule has 2 aromatic heterocycles. The standard InChI is InChI=1S/C29H23N5O3/c1-2-34-29(37)26(25(19-10-5-3-6-11-19)27(33-34)20-12-7-4-8-13-20)28(36)30-22-15-9-14-21(18-22)23-16-17-24(35)32-31-23/h3-18H,2H2,1H3,(H,30,36)(H,32,35). The van der Waals surface area contributed by atoms with E-state index in [9.17, 15) is 14.4 Å². The van der Waals surface area contributed by atoms with Crippen LogP contribution in [0.25, 0.3) is 33.6 Å². The van der Waals surface area contributed by atoms with Crippen molar-refractivity contribution in [1.29, 1.82) is 0 Å². The number of hydrogen-bond acceptors (Lipinski definition) is 5. The van der Waals surface area contributed by atoms with Crippen LogP contribution in [0.1, 0.15) is 17.3 Å². The van der Waals surface area contributed by atoms with E-state index in [0.29, 0.717) is 40.3 Å². The molecule has 0 saturated carbocycles. The normalized spacial score (nSPS) is 10.7. The number of H-pyrrole nitrogens is 1. The molecule has 0 radical (unpaired) electrons. The van der Waals surface area contributed by atoms with E-state index in [0.717, 1.165) is 5.56 Å². The van der Waals surface area contributed by atoms with E-state index in [-0.39, 0.29) is 11.1 Å². The Bertz CT molecular complexity index is 1670. The molecule has 0 atom stereocenters. The van der Waals surface area contributed by atoms with E-state index in [2.05, 4.69) is 20.6 Å². The maximum Gasteiger partial charge on any atom is 0.280 e. The molecule has 182 valence electrons. The predicted octanol–water partition coefficient (Wildman–Crippen LogP) is 4.60. The SMILES string of the molecule is CCn1nc(-c2ccccc2)c(-c2ccccc2)c(C(=O)Nc2cccc(-c3ccc(=O)[nH]n3)c2)c1=O. The van der Waals surface area contributed by atoms with Crippen LogP contribution in [0.3, 0.4) is 0 Å². The summed E-state index contributed by atoms with van der Waals surface area (Å²) in [4.78, 5) is 38.7. The molecule has 0 bridgehead atoms. The number of amides is 1. The van der Waals surface area contributed by atoms with Gasteiger partial charge in [0.15, 0.2) is 0 Å². The second-order valence-electron chi connectivity index (χ2n) is 8.29. The van der Waals surface area contributed by atoms with E-state index in [4.69, 9.17) is 0 Å². The van der Waals surface area contributed by atoms with Gasteiger partial charge >= 0.3 is 0 Å². The lowest BCUT2D eigenvalue weighted by Gasteiger charge is -2.17. The number of carbonyl (C=O) groups is 1. The van der Waals surface area contributed by atoms with Crippen molar-refractivity contribution in [3.8, 4) is 33.6 Å². The van der Waals surface area contributed by atoms with Crippen LogP contribution in [0.2, 0.25) is 0 Å². The van der Waals surface area contributed by atoms with Crippen LogP contribution in [0.15, 0.2) is 107 Å². The summed E-state index contributed by atoms with van der Waals surface area (Å²) in [6, 6.07) is 28.8. The summed E-state index contributed by atoms with van der Waals surface area (Å²) >= 11 is 0. The molecule has 0 unspecified atom stereocenters. The fourth-order valence-corrected chi connectivity index (χ4v) is 4.13. The smallest absolute Gasteiger partial charge is 0.280 e. The first-order valence-corrected chi connectivity index (χ1v) is 11.8. The van der Waals surface area contributed by atoms with Crippen LogP contribution in [0, 0.1) is 0 Å². The molecule has 0 aliphatic rings. The summed E-state index contributed by atoms with van der Waals surface area (Å²) in [5, 5.41) is 14.0. The maximum atomic E-state index is 13.8. The summed E-state index contributed by atoms with van der Waals surface area (Å²) in [5.41, 5.74) is 3.48.